The molecule has 0 spiro atoms. The third-order valence-corrected chi connectivity index (χ3v) is 5.19. The molecule has 1 aliphatic rings. The summed E-state index contributed by atoms with van der Waals surface area (Å²) in [6.45, 7) is 6.03. The van der Waals surface area contributed by atoms with Gasteiger partial charge in [0.25, 0.3) is 17.7 Å². The van der Waals surface area contributed by atoms with Gasteiger partial charge in [0.1, 0.15) is 6.04 Å². The van der Waals surface area contributed by atoms with Crippen LogP contribution in [0.3, 0.4) is 0 Å². The summed E-state index contributed by atoms with van der Waals surface area (Å²) in [5.74, 6) is -2.27. The lowest BCUT2D eigenvalue weighted by Gasteiger charge is -2.27. The molecule has 3 rings (SSSR count). The van der Waals surface area contributed by atoms with E-state index in [4.69, 9.17) is 4.74 Å². The first-order valence-corrected chi connectivity index (χ1v) is 9.91. The second kappa shape index (κ2) is 8.90. The van der Waals surface area contributed by atoms with Gasteiger partial charge in [-0.25, -0.2) is 4.79 Å². The number of likely N-dealkylation sites (N-methyl/N-ethyl adjacent to an activating group) is 1. The van der Waals surface area contributed by atoms with E-state index in [9.17, 15) is 19.2 Å². The van der Waals surface area contributed by atoms with Crippen molar-refractivity contribution in [2.75, 3.05) is 13.1 Å². The number of imide groups is 1. The summed E-state index contributed by atoms with van der Waals surface area (Å²) in [4.78, 5) is 53.7. The maximum atomic E-state index is 13.0. The van der Waals surface area contributed by atoms with Crippen LogP contribution in [0.5, 0.6) is 0 Å². The molecule has 3 amide bonds. The second-order valence-corrected chi connectivity index (χ2v) is 6.94. The van der Waals surface area contributed by atoms with Crippen molar-refractivity contribution in [3.05, 3.63) is 71.3 Å². The van der Waals surface area contributed by atoms with E-state index in [-0.39, 0.29) is 17.0 Å². The number of hydrogen-bond donors (Lipinski definition) is 0. The van der Waals surface area contributed by atoms with Crippen molar-refractivity contribution in [3.63, 3.8) is 0 Å². The minimum absolute atomic E-state index is 0.251. The number of benzene rings is 2. The van der Waals surface area contributed by atoms with Gasteiger partial charge in [-0.15, -0.1) is 0 Å². The highest BCUT2D eigenvalue weighted by Crippen LogP contribution is 2.27. The van der Waals surface area contributed by atoms with Crippen LogP contribution >= 0.6 is 0 Å². The highest BCUT2D eigenvalue weighted by molar-refractivity contribution is 6.22. The lowest BCUT2D eigenvalue weighted by Crippen LogP contribution is -2.45. The van der Waals surface area contributed by atoms with E-state index >= 15 is 0 Å². The molecule has 156 valence electrons. The van der Waals surface area contributed by atoms with Crippen molar-refractivity contribution in [2.45, 2.75) is 32.9 Å². The normalized spacial score (nSPS) is 14.8. The number of fused-ring (bicyclic) bond motifs is 1. The molecule has 0 fully saturated rings. The first-order valence-electron chi connectivity index (χ1n) is 9.91. The predicted octanol–water partition coefficient (Wildman–Crippen LogP) is 2.82. The summed E-state index contributed by atoms with van der Waals surface area (Å²) in [7, 11) is 0. The molecule has 0 aliphatic carbocycles. The molecule has 0 aromatic heterocycles. The van der Waals surface area contributed by atoms with Crippen LogP contribution in [0.1, 0.15) is 53.2 Å². The van der Waals surface area contributed by atoms with Gasteiger partial charge in [-0.2, -0.15) is 0 Å². The van der Waals surface area contributed by atoms with E-state index in [1.807, 2.05) is 13.8 Å². The van der Waals surface area contributed by atoms with Crippen molar-refractivity contribution in [1.82, 2.24) is 9.80 Å². The van der Waals surface area contributed by atoms with Crippen LogP contribution in [0, 0.1) is 0 Å². The quantitative estimate of drug-likeness (QED) is 0.520. The smallest absolute Gasteiger partial charge is 0.330 e. The number of ether oxygens (including phenoxy) is 1. The third-order valence-electron chi connectivity index (χ3n) is 5.19. The van der Waals surface area contributed by atoms with Gasteiger partial charge in [0.05, 0.1) is 11.1 Å². The van der Waals surface area contributed by atoms with E-state index in [0.717, 1.165) is 4.90 Å². The molecule has 0 radical (unpaired) electrons. The standard InChI is InChI=1S/C23H24N2O5/c1-4-24(5-2)22(28)19(16-11-7-6-8-12-16)30-23(29)15(3)25-20(26)17-13-9-10-14-18(17)21(25)27/h6-15,19H,4-5H2,1-3H3/t15-,19-/m1/s1. The Labute approximate surface area is 175 Å². The number of carbonyl (C=O) groups excluding carboxylic acids is 4. The van der Waals surface area contributed by atoms with Gasteiger partial charge in [0.15, 0.2) is 0 Å². The largest absolute Gasteiger partial charge is 0.446 e. The summed E-state index contributed by atoms with van der Waals surface area (Å²) in [6, 6.07) is 13.9. The van der Waals surface area contributed by atoms with E-state index in [0.29, 0.717) is 18.7 Å². The SMILES string of the molecule is CCN(CC)C(=O)[C@H](OC(=O)[C@@H](C)N1C(=O)c2ccccc2C1=O)c1ccccc1. The van der Waals surface area contributed by atoms with E-state index in [1.165, 1.54) is 6.92 Å². The van der Waals surface area contributed by atoms with Crippen molar-refractivity contribution in [3.8, 4) is 0 Å². The number of rotatable bonds is 7. The van der Waals surface area contributed by atoms with Gasteiger partial charge in [0.2, 0.25) is 6.10 Å². The number of hydrogen-bond acceptors (Lipinski definition) is 5. The number of esters is 1. The van der Waals surface area contributed by atoms with Crippen LogP contribution in [0.15, 0.2) is 54.6 Å². The molecule has 2 atom stereocenters. The monoisotopic (exact) mass is 408 g/mol. The molecule has 30 heavy (non-hydrogen) atoms. The first-order chi connectivity index (χ1) is 14.4. The lowest BCUT2D eigenvalue weighted by molar-refractivity contribution is -0.163. The summed E-state index contributed by atoms with van der Waals surface area (Å²) in [6.07, 6.45) is -1.16. The van der Waals surface area contributed by atoms with E-state index in [2.05, 4.69) is 0 Å². The molecule has 2 aromatic carbocycles. The Bertz CT molecular complexity index is 934. The Hall–Kier alpha value is -3.48. The molecule has 2 aromatic rings. The van der Waals surface area contributed by atoms with Crippen molar-refractivity contribution >= 4 is 23.7 Å². The predicted molar refractivity (Wildman–Crippen MR) is 110 cm³/mol. The fraction of sp³-hybridized carbons (Fsp3) is 0.304. The average Bonchev–Trinajstić information content (AvgIpc) is 3.03. The maximum Gasteiger partial charge on any atom is 0.330 e. The van der Waals surface area contributed by atoms with E-state index in [1.54, 1.807) is 59.5 Å². The van der Waals surface area contributed by atoms with Gasteiger partial charge in [0, 0.05) is 18.7 Å². The Kier molecular flexibility index (Phi) is 6.30. The lowest BCUT2D eigenvalue weighted by atomic mass is 10.1. The highest BCUT2D eigenvalue weighted by atomic mass is 16.6. The van der Waals surface area contributed by atoms with Gasteiger partial charge < -0.3 is 9.64 Å². The number of carbonyl (C=O) groups is 4. The van der Waals surface area contributed by atoms with Gasteiger partial charge in [-0.3, -0.25) is 19.3 Å². The molecular formula is C23H24N2O5. The molecule has 0 unspecified atom stereocenters. The first kappa shape index (κ1) is 21.2. The second-order valence-electron chi connectivity index (χ2n) is 6.94. The van der Waals surface area contributed by atoms with Gasteiger partial charge in [-0.05, 0) is 32.9 Å². The third kappa shape index (κ3) is 3.83. The summed E-state index contributed by atoms with van der Waals surface area (Å²) >= 11 is 0. The van der Waals surface area contributed by atoms with Crippen LogP contribution in [-0.2, 0) is 14.3 Å². The zero-order valence-corrected chi connectivity index (χ0v) is 17.2. The summed E-state index contributed by atoms with van der Waals surface area (Å²) in [5, 5.41) is 0. The van der Waals surface area contributed by atoms with Gasteiger partial charge in [-0.1, -0.05) is 42.5 Å². The van der Waals surface area contributed by atoms with Crippen LogP contribution < -0.4 is 0 Å². The summed E-state index contributed by atoms with van der Waals surface area (Å²) in [5.41, 5.74) is 1.03. The molecule has 1 heterocycles. The fourth-order valence-corrected chi connectivity index (χ4v) is 3.47. The summed E-state index contributed by atoms with van der Waals surface area (Å²) < 4.78 is 5.58. The molecule has 1 aliphatic heterocycles. The maximum absolute atomic E-state index is 13.0. The molecule has 0 N–H and O–H groups in total. The highest BCUT2D eigenvalue weighted by Gasteiger charge is 2.42. The molecule has 0 saturated heterocycles. The Balaban J connectivity index is 1.85. The molecule has 7 heteroatoms. The topological polar surface area (TPSA) is 84.0 Å². The minimum Gasteiger partial charge on any atom is -0.446 e. The van der Waals surface area contributed by atoms with Crippen molar-refractivity contribution in [2.24, 2.45) is 0 Å². The van der Waals surface area contributed by atoms with Crippen LogP contribution in [0.4, 0.5) is 0 Å². The Morgan fingerprint density at radius 2 is 1.40 bits per heavy atom. The molecule has 0 saturated carbocycles. The van der Waals surface area contributed by atoms with Crippen molar-refractivity contribution in [1.29, 1.82) is 0 Å². The minimum atomic E-state index is -1.17. The zero-order valence-electron chi connectivity index (χ0n) is 17.2. The van der Waals surface area contributed by atoms with E-state index < -0.39 is 29.9 Å². The Morgan fingerprint density at radius 3 is 1.90 bits per heavy atom. The number of amides is 3. The van der Waals surface area contributed by atoms with Gasteiger partial charge >= 0.3 is 5.97 Å². The number of nitrogens with zero attached hydrogens (tertiary/aromatic N) is 2. The average molecular weight is 408 g/mol. The van der Waals surface area contributed by atoms with Crippen LogP contribution in [-0.4, -0.2) is 52.6 Å². The fourth-order valence-electron chi connectivity index (χ4n) is 3.47. The molecule has 7 nitrogen and oxygen atoms in total. The zero-order chi connectivity index (χ0) is 21.8. The molecular weight excluding hydrogens is 384 g/mol. The van der Waals surface area contributed by atoms with Crippen LogP contribution in [0.25, 0.3) is 0 Å². The molecule has 0 bridgehead atoms. The van der Waals surface area contributed by atoms with Crippen molar-refractivity contribution < 1.29 is 23.9 Å². The Morgan fingerprint density at radius 1 is 0.900 bits per heavy atom. The van der Waals surface area contributed by atoms with Crippen LogP contribution in [0.2, 0.25) is 0 Å².